The molecule has 1 aromatic carbocycles. The Bertz CT molecular complexity index is 522. The Labute approximate surface area is 116 Å². The van der Waals surface area contributed by atoms with E-state index in [2.05, 4.69) is 5.32 Å². The van der Waals surface area contributed by atoms with Gasteiger partial charge < -0.3 is 9.84 Å². The number of anilines is 1. The van der Waals surface area contributed by atoms with Gasteiger partial charge in [0, 0.05) is 0 Å². The smallest absolute Gasteiger partial charge is 0.412 e. The summed E-state index contributed by atoms with van der Waals surface area (Å²) in [5.74, 6) is -2.57. The van der Waals surface area contributed by atoms with Crippen molar-refractivity contribution in [3.8, 4) is 0 Å². The number of halogens is 1. The maximum atomic E-state index is 13.8. The lowest BCUT2D eigenvalue weighted by Crippen LogP contribution is -2.27. The first-order valence-electron chi connectivity index (χ1n) is 6.12. The molecule has 0 aromatic heterocycles. The van der Waals surface area contributed by atoms with Crippen molar-refractivity contribution >= 4 is 17.7 Å². The third-order valence-electron chi connectivity index (χ3n) is 2.50. The van der Waals surface area contributed by atoms with Gasteiger partial charge in [-0.2, -0.15) is 0 Å². The number of carboxylic acids is 1. The first-order valence-corrected chi connectivity index (χ1v) is 6.12. The SMILES string of the molecule is CC(C(=O)O)c1ccc(NC(=O)OC(C)(C)C)c(F)c1. The molecule has 1 amide bonds. The van der Waals surface area contributed by atoms with E-state index in [0.717, 1.165) is 6.07 Å². The molecule has 0 saturated carbocycles. The van der Waals surface area contributed by atoms with Gasteiger partial charge in [-0.25, -0.2) is 9.18 Å². The normalized spacial score (nSPS) is 12.7. The molecule has 0 aliphatic carbocycles. The molecule has 0 aliphatic rings. The Morgan fingerprint density at radius 2 is 1.95 bits per heavy atom. The molecule has 1 atom stereocenters. The van der Waals surface area contributed by atoms with Gasteiger partial charge in [0.05, 0.1) is 11.6 Å². The van der Waals surface area contributed by atoms with Crippen LogP contribution in [0, 0.1) is 5.82 Å². The summed E-state index contributed by atoms with van der Waals surface area (Å²) in [5.41, 5.74) is -0.413. The predicted molar refractivity (Wildman–Crippen MR) is 72.3 cm³/mol. The van der Waals surface area contributed by atoms with Gasteiger partial charge in [0.2, 0.25) is 0 Å². The molecular weight excluding hydrogens is 265 g/mol. The van der Waals surface area contributed by atoms with Crippen LogP contribution < -0.4 is 5.32 Å². The van der Waals surface area contributed by atoms with Crippen molar-refractivity contribution < 1.29 is 23.8 Å². The fourth-order valence-corrected chi connectivity index (χ4v) is 1.46. The first-order chi connectivity index (χ1) is 9.10. The number of amides is 1. The van der Waals surface area contributed by atoms with Crippen LogP contribution in [0.25, 0.3) is 0 Å². The van der Waals surface area contributed by atoms with Crippen LogP contribution in [0.1, 0.15) is 39.2 Å². The largest absolute Gasteiger partial charge is 0.481 e. The van der Waals surface area contributed by atoms with Gasteiger partial charge in [0.15, 0.2) is 0 Å². The fraction of sp³-hybridized carbons (Fsp3) is 0.429. The van der Waals surface area contributed by atoms with E-state index in [1.54, 1.807) is 20.8 Å². The third kappa shape index (κ3) is 4.53. The lowest BCUT2D eigenvalue weighted by Gasteiger charge is -2.20. The van der Waals surface area contributed by atoms with Crippen LogP contribution in [-0.2, 0) is 9.53 Å². The van der Waals surface area contributed by atoms with Crippen molar-refractivity contribution in [3.63, 3.8) is 0 Å². The first kappa shape index (κ1) is 15.9. The van der Waals surface area contributed by atoms with E-state index in [4.69, 9.17) is 9.84 Å². The Morgan fingerprint density at radius 1 is 1.35 bits per heavy atom. The molecular formula is C14H18FNO4. The summed E-state index contributed by atoms with van der Waals surface area (Å²) in [6.07, 6.45) is -0.768. The van der Waals surface area contributed by atoms with Crippen LogP contribution in [0.5, 0.6) is 0 Å². The molecule has 5 nitrogen and oxygen atoms in total. The van der Waals surface area contributed by atoms with Gasteiger partial charge in [0.25, 0.3) is 0 Å². The van der Waals surface area contributed by atoms with Crippen molar-refractivity contribution in [3.05, 3.63) is 29.6 Å². The number of carbonyl (C=O) groups excluding carboxylic acids is 1. The maximum Gasteiger partial charge on any atom is 0.412 e. The number of ether oxygens (including phenoxy) is 1. The number of aliphatic carboxylic acids is 1. The second-order valence-electron chi connectivity index (χ2n) is 5.43. The van der Waals surface area contributed by atoms with Crippen molar-refractivity contribution in [1.82, 2.24) is 0 Å². The van der Waals surface area contributed by atoms with E-state index in [9.17, 15) is 14.0 Å². The molecule has 0 radical (unpaired) electrons. The zero-order valence-corrected chi connectivity index (χ0v) is 11.9. The molecule has 0 aliphatic heterocycles. The number of rotatable bonds is 3. The number of benzene rings is 1. The highest BCUT2D eigenvalue weighted by Gasteiger charge is 2.19. The van der Waals surface area contributed by atoms with E-state index in [0.29, 0.717) is 5.56 Å². The predicted octanol–water partition coefficient (Wildman–Crippen LogP) is 3.36. The molecule has 0 saturated heterocycles. The molecule has 20 heavy (non-hydrogen) atoms. The topological polar surface area (TPSA) is 75.6 Å². The van der Waals surface area contributed by atoms with Gasteiger partial charge in [-0.15, -0.1) is 0 Å². The molecule has 1 rings (SSSR count). The van der Waals surface area contributed by atoms with E-state index >= 15 is 0 Å². The van der Waals surface area contributed by atoms with E-state index < -0.39 is 29.4 Å². The molecule has 1 aromatic rings. The van der Waals surface area contributed by atoms with Gasteiger partial charge in [-0.1, -0.05) is 6.07 Å². The standard InChI is InChI=1S/C14H18FNO4/c1-8(12(17)18)9-5-6-11(10(15)7-9)16-13(19)20-14(2,3)4/h5-8H,1-4H3,(H,16,19)(H,17,18). The second kappa shape index (κ2) is 5.90. The fourth-order valence-electron chi connectivity index (χ4n) is 1.46. The Kier molecular flexibility index (Phi) is 4.70. The average Bonchev–Trinajstić information content (AvgIpc) is 2.28. The highest BCUT2D eigenvalue weighted by atomic mass is 19.1. The van der Waals surface area contributed by atoms with Gasteiger partial charge >= 0.3 is 12.1 Å². The van der Waals surface area contributed by atoms with E-state index in [-0.39, 0.29) is 5.69 Å². The van der Waals surface area contributed by atoms with Crippen LogP contribution in [0.4, 0.5) is 14.9 Å². The van der Waals surface area contributed by atoms with Crippen LogP contribution in [0.15, 0.2) is 18.2 Å². The molecule has 0 heterocycles. The summed E-state index contributed by atoms with van der Waals surface area (Å²) < 4.78 is 18.8. The number of carboxylic acid groups (broad SMARTS) is 1. The summed E-state index contributed by atoms with van der Waals surface area (Å²) in [7, 11) is 0. The summed E-state index contributed by atoms with van der Waals surface area (Å²) in [4.78, 5) is 22.3. The average molecular weight is 283 g/mol. The highest BCUT2D eigenvalue weighted by molar-refractivity contribution is 5.85. The Balaban J connectivity index is 2.84. The van der Waals surface area contributed by atoms with Crippen LogP contribution >= 0.6 is 0 Å². The number of hydrogen-bond acceptors (Lipinski definition) is 3. The maximum absolute atomic E-state index is 13.8. The van der Waals surface area contributed by atoms with Crippen LogP contribution in [0.2, 0.25) is 0 Å². The summed E-state index contributed by atoms with van der Waals surface area (Å²) in [5, 5.41) is 11.1. The van der Waals surface area contributed by atoms with Gasteiger partial charge in [-0.3, -0.25) is 10.1 Å². The Morgan fingerprint density at radius 3 is 2.40 bits per heavy atom. The molecule has 6 heteroatoms. The molecule has 0 fully saturated rings. The minimum Gasteiger partial charge on any atom is -0.481 e. The van der Waals surface area contributed by atoms with Crippen molar-refractivity contribution in [2.24, 2.45) is 0 Å². The second-order valence-corrected chi connectivity index (χ2v) is 5.43. The van der Waals surface area contributed by atoms with Crippen LogP contribution in [0.3, 0.4) is 0 Å². The molecule has 1 unspecified atom stereocenters. The molecule has 2 N–H and O–H groups in total. The number of hydrogen-bond donors (Lipinski definition) is 2. The van der Waals surface area contributed by atoms with E-state index in [1.165, 1.54) is 19.1 Å². The molecule has 110 valence electrons. The zero-order chi connectivity index (χ0) is 15.5. The lowest BCUT2D eigenvalue weighted by molar-refractivity contribution is -0.138. The highest BCUT2D eigenvalue weighted by Crippen LogP contribution is 2.22. The van der Waals surface area contributed by atoms with Gasteiger partial charge in [0.1, 0.15) is 11.4 Å². The summed E-state index contributed by atoms with van der Waals surface area (Å²) in [6, 6.07) is 3.86. The summed E-state index contributed by atoms with van der Waals surface area (Å²) in [6.45, 7) is 6.54. The van der Waals surface area contributed by atoms with E-state index in [1.807, 2.05) is 0 Å². The van der Waals surface area contributed by atoms with Crippen molar-refractivity contribution in [2.45, 2.75) is 39.2 Å². The van der Waals surface area contributed by atoms with Crippen molar-refractivity contribution in [2.75, 3.05) is 5.32 Å². The lowest BCUT2D eigenvalue weighted by atomic mass is 10.0. The summed E-state index contributed by atoms with van der Waals surface area (Å²) >= 11 is 0. The Hall–Kier alpha value is -2.11. The molecule has 0 bridgehead atoms. The quantitative estimate of drug-likeness (QED) is 0.891. The molecule has 0 spiro atoms. The minimum absolute atomic E-state index is 0.0550. The zero-order valence-electron chi connectivity index (χ0n) is 11.9. The van der Waals surface area contributed by atoms with Crippen molar-refractivity contribution in [1.29, 1.82) is 0 Å². The number of nitrogens with one attached hydrogen (secondary N) is 1. The third-order valence-corrected chi connectivity index (χ3v) is 2.50. The van der Waals surface area contributed by atoms with Crippen LogP contribution in [-0.4, -0.2) is 22.8 Å². The van der Waals surface area contributed by atoms with Gasteiger partial charge in [-0.05, 0) is 45.4 Å². The number of carbonyl (C=O) groups is 2. The monoisotopic (exact) mass is 283 g/mol. The minimum atomic E-state index is -1.04.